The van der Waals surface area contributed by atoms with E-state index in [2.05, 4.69) is 33.7 Å². The Morgan fingerprint density at radius 2 is 2.31 bits per heavy atom. The van der Waals surface area contributed by atoms with Crippen LogP contribution >= 0.6 is 0 Å². The molecule has 0 fully saturated rings. The van der Waals surface area contributed by atoms with Crippen molar-refractivity contribution in [1.29, 1.82) is 0 Å². The standard InChI is InChI=1S/C12H18N4/c1-4-7-13-9(2)11-15-10-6-5-8-14-12(10)16(11)3/h5-6,8-9,13H,4,7H2,1-3H3. The van der Waals surface area contributed by atoms with Crippen LogP contribution in [0.1, 0.15) is 32.1 Å². The van der Waals surface area contributed by atoms with Gasteiger partial charge in [0.2, 0.25) is 0 Å². The molecule has 1 N–H and O–H groups in total. The van der Waals surface area contributed by atoms with Gasteiger partial charge in [0.15, 0.2) is 5.65 Å². The quantitative estimate of drug-likeness (QED) is 0.853. The number of aromatic nitrogens is 3. The molecule has 0 aromatic carbocycles. The lowest BCUT2D eigenvalue weighted by Gasteiger charge is -2.12. The molecule has 2 rings (SSSR count). The van der Waals surface area contributed by atoms with Crippen molar-refractivity contribution in [3.63, 3.8) is 0 Å². The summed E-state index contributed by atoms with van der Waals surface area (Å²) in [6.45, 7) is 5.31. The lowest BCUT2D eigenvalue weighted by molar-refractivity contribution is 0.531. The minimum Gasteiger partial charge on any atom is -0.315 e. The van der Waals surface area contributed by atoms with Crippen molar-refractivity contribution in [2.75, 3.05) is 6.54 Å². The first-order valence-corrected chi connectivity index (χ1v) is 5.74. The molecule has 0 aliphatic heterocycles. The fourth-order valence-electron chi connectivity index (χ4n) is 1.88. The molecule has 1 atom stereocenters. The van der Waals surface area contributed by atoms with Crippen LogP contribution in [0.25, 0.3) is 11.2 Å². The molecule has 0 saturated carbocycles. The molecular weight excluding hydrogens is 200 g/mol. The van der Waals surface area contributed by atoms with E-state index in [-0.39, 0.29) is 6.04 Å². The highest BCUT2D eigenvalue weighted by molar-refractivity contribution is 5.71. The summed E-state index contributed by atoms with van der Waals surface area (Å²) in [5.41, 5.74) is 1.91. The highest BCUT2D eigenvalue weighted by Gasteiger charge is 2.13. The van der Waals surface area contributed by atoms with Gasteiger partial charge in [-0.25, -0.2) is 9.97 Å². The molecule has 2 aromatic rings. The number of pyridine rings is 1. The lowest BCUT2D eigenvalue weighted by Crippen LogP contribution is -2.22. The van der Waals surface area contributed by atoms with Crippen molar-refractivity contribution in [2.24, 2.45) is 7.05 Å². The number of rotatable bonds is 4. The monoisotopic (exact) mass is 218 g/mol. The maximum absolute atomic E-state index is 4.60. The van der Waals surface area contributed by atoms with E-state index in [0.29, 0.717) is 0 Å². The number of hydrogen-bond donors (Lipinski definition) is 1. The van der Waals surface area contributed by atoms with E-state index in [1.165, 1.54) is 0 Å². The molecule has 0 aliphatic carbocycles. The Bertz CT molecular complexity index is 475. The van der Waals surface area contributed by atoms with Crippen LogP contribution in [-0.4, -0.2) is 21.1 Å². The molecule has 0 amide bonds. The topological polar surface area (TPSA) is 42.7 Å². The van der Waals surface area contributed by atoms with Crippen LogP contribution in [0.4, 0.5) is 0 Å². The fraction of sp³-hybridized carbons (Fsp3) is 0.500. The average Bonchev–Trinajstić information content (AvgIpc) is 2.64. The van der Waals surface area contributed by atoms with Crippen molar-refractivity contribution in [2.45, 2.75) is 26.3 Å². The van der Waals surface area contributed by atoms with Crippen LogP contribution < -0.4 is 5.32 Å². The van der Waals surface area contributed by atoms with Gasteiger partial charge in [-0.05, 0) is 32.0 Å². The van der Waals surface area contributed by atoms with Gasteiger partial charge in [0, 0.05) is 13.2 Å². The molecule has 4 heteroatoms. The third-order valence-corrected chi connectivity index (χ3v) is 2.75. The van der Waals surface area contributed by atoms with Crippen LogP contribution in [0.15, 0.2) is 18.3 Å². The van der Waals surface area contributed by atoms with Gasteiger partial charge >= 0.3 is 0 Å². The number of imidazole rings is 1. The van der Waals surface area contributed by atoms with Crippen molar-refractivity contribution in [3.8, 4) is 0 Å². The number of nitrogens with zero attached hydrogens (tertiary/aromatic N) is 3. The molecule has 0 bridgehead atoms. The summed E-state index contributed by atoms with van der Waals surface area (Å²) in [6.07, 6.45) is 2.93. The van der Waals surface area contributed by atoms with Crippen molar-refractivity contribution in [3.05, 3.63) is 24.2 Å². The SMILES string of the molecule is CCCNC(C)c1nc2cccnc2n1C. The Hall–Kier alpha value is -1.42. The highest BCUT2D eigenvalue weighted by Crippen LogP contribution is 2.17. The number of hydrogen-bond acceptors (Lipinski definition) is 3. The maximum atomic E-state index is 4.60. The zero-order valence-electron chi connectivity index (χ0n) is 10.1. The molecule has 0 radical (unpaired) electrons. The molecule has 2 aromatic heterocycles. The molecule has 86 valence electrons. The van der Waals surface area contributed by atoms with E-state index in [9.17, 15) is 0 Å². The second-order valence-corrected chi connectivity index (χ2v) is 4.05. The third-order valence-electron chi connectivity index (χ3n) is 2.75. The Kier molecular flexibility index (Phi) is 3.19. The molecule has 0 aliphatic rings. The van der Waals surface area contributed by atoms with E-state index in [4.69, 9.17) is 0 Å². The predicted octanol–water partition coefficient (Wildman–Crippen LogP) is 2.03. The Morgan fingerprint density at radius 3 is 3.00 bits per heavy atom. The van der Waals surface area contributed by atoms with Crippen LogP contribution in [0.5, 0.6) is 0 Å². The lowest BCUT2D eigenvalue weighted by atomic mass is 10.3. The van der Waals surface area contributed by atoms with Gasteiger partial charge in [-0.3, -0.25) is 0 Å². The molecule has 4 nitrogen and oxygen atoms in total. The van der Waals surface area contributed by atoms with E-state index in [0.717, 1.165) is 30.0 Å². The Morgan fingerprint density at radius 1 is 1.50 bits per heavy atom. The summed E-state index contributed by atoms with van der Waals surface area (Å²) in [4.78, 5) is 8.94. The summed E-state index contributed by atoms with van der Waals surface area (Å²) in [5.74, 6) is 1.04. The summed E-state index contributed by atoms with van der Waals surface area (Å²) in [5, 5.41) is 3.44. The second-order valence-electron chi connectivity index (χ2n) is 4.05. The maximum Gasteiger partial charge on any atom is 0.159 e. The summed E-state index contributed by atoms with van der Waals surface area (Å²) >= 11 is 0. The van der Waals surface area contributed by atoms with E-state index in [1.807, 2.05) is 19.2 Å². The molecule has 0 saturated heterocycles. The fourth-order valence-corrected chi connectivity index (χ4v) is 1.88. The summed E-state index contributed by atoms with van der Waals surface area (Å²) < 4.78 is 2.06. The second kappa shape index (κ2) is 4.61. The van der Waals surface area contributed by atoms with E-state index >= 15 is 0 Å². The van der Waals surface area contributed by atoms with Crippen LogP contribution in [0.2, 0.25) is 0 Å². The first-order chi connectivity index (χ1) is 7.74. The van der Waals surface area contributed by atoms with Gasteiger partial charge in [0.25, 0.3) is 0 Å². The van der Waals surface area contributed by atoms with Crippen molar-refractivity contribution >= 4 is 11.2 Å². The largest absolute Gasteiger partial charge is 0.315 e. The predicted molar refractivity (Wildman–Crippen MR) is 65.2 cm³/mol. The number of fused-ring (bicyclic) bond motifs is 1. The van der Waals surface area contributed by atoms with E-state index < -0.39 is 0 Å². The van der Waals surface area contributed by atoms with Crippen molar-refractivity contribution in [1.82, 2.24) is 19.9 Å². The van der Waals surface area contributed by atoms with Crippen LogP contribution in [0.3, 0.4) is 0 Å². The minimum absolute atomic E-state index is 0.263. The minimum atomic E-state index is 0.263. The number of aryl methyl sites for hydroxylation is 1. The number of nitrogens with one attached hydrogen (secondary N) is 1. The highest BCUT2D eigenvalue weighted by atomic mass is 15.1. The first-order valence-electron chi connectivity index (χ1n) is 5.74. The molecule has 0 spiro atoms. The zero-order chi connectivity index (χ0) is 11.5. The van der Waals surface area contributed by atoms with Crippen LogP contribution in [0, 0.1) is 0 Å². The zero-order valence-corrected chi connectivity index (χ0v) is 10.1. The average molecular weight is 218 g/mol. The Labute approximate surface area is 95.7 Å². The van der Waals surface area contributed by atoms with Crippen LogP contribution in [-0.2, 0) is 7.05 Å². The van der Waals surface area contributed by atoms with Gasteiger partial charge in [0.05, 0.1) is 6.04 Å². The van der Waals surface area contributed by atoms with Crippen molar-refractivity contribution < 1.29 is 0 Å². The smallest absolute Gasteiger partial charge is 0.159 e. The molecule has 1 unspecified atom stereocenters. The third kappa shape index (κ3) is 1.93. The van der Waals surface area contributed by atoms with Gasteiger partial charge in [0.1, 0.15) is 11.3 Å². The van der Waals surface area contributed by atoms with Gasteiger partial charge < -0.3 is 9.88 Å². The summed E-state index contributed by atoms with van der Waals surface area (Å²) in [7, 11) is 2.02. The van der Waals surface area contributed by atoms with Gasteiger partial charge in [-0.1, -0.05) is 6.92 Å². The van der Waals surface area contributed by atoms with Gasteiger partial charge in [-0.15, -0.1) is 0 Å². The molecule has 2 heterocycles. The molecular formula is C12H18N4. The van der Waals surface area contributed by atoms with E-state index in [1.54, 1.807) is 6.20 Å². The summed E-state index contributed by atoms with van der Waals surface area (Å²) in [6, 6.07) is 4.18. The normalized spacial score (nSPS) is 13.2. The Balaban J connectivity index is 2.33. The first kappa shape index (κ1) is 11.1. The molecule has 16 heavy (non-hydrogen) atoms. The van der Waals surface area contributed by atoms with Gasteiger partial charge in [-0.2, -0.15) is 0 Å².